The smallest absolute Gasteiger partial charge is 0.180 e. The van der Waals surface area contributed by atoms with Crippen molar-refractivity contribution in [2.24, 2.45) is 0 Å². The summed E-state index contributed by atoms with van der Waals surface area (Å²) in [5.74, 6) is 1.67. The van der Waals surface area contributed by atoms with E-state index in [0.29, 0.717) is 0 Å². The number of fused-ring (bicyclic) bond motifs is 1. The van der Waals surface area contributed by atoms with Crippen LogP contribution in [0.15, 0.2) is 24.4 Å². The number of anilines is 1. The van der Waals surface area contributed by atoms with Crippen molar-refractivity contribution in [1.29, 1.82) is 0 Å². The number of nitrogens with zero attached hydrogens (tertiary/aromatic N) is 3. The first-order chi connectivity index (χ1) is 8.38. The predicted octanol–water partition coefficient (Wildman–Crippen LogP) is 2.07. The van der Waals surface area contributed by atoms with E-state index < -0.39 is 0 Å². The molecule has 2 heterocycles. The fourth-order valence-electron chi connectivity index (χ4n) is 2.25. The van der Waals surface area contributed by atoms with Crippen molar-refractivity contribution in [1.82, 2.24) is 15.0 Å². The van der Waals surface area contributed by atoms with Crippen LogP contribution < -0.4 is 5.32 Å². The van der Waals surface area contributed by atoms with Crippen LogP contribution in [0.4, 0.5) is 5.82 Å². The molecule has 86 valence electrons. The monoisotopic (exact) mass is 226 g/mol. The third-order valence-electron chi connectivity index (χ3n) is 3.06. The molecule has 4 heteroatoms. The molecule has 2 aromatic rings. The molecular formula is C13H14N4. The molecule has 0 saturated carbocycles. The summed E-state index contributed by atoms with van der Waals surface area (Å²) >= 11 is 0. The molecule has 0 radical (unpaired) electrons. The second-order valence-corrected chi connectivity index (χ2v) is 4.14. The lowest BCUT2D eigenvalue weighted by Crippen LogP contribution is -2.03. The van der Waals surface area contributed by atoms with Gasteiger partial charge in [0.1, 0.15) is 11.5 Å². The average Bonchev–Trinajstić information content (AvgIpc) is 2.86. The zero-order valence-electron chi connectivity index (χ0n) is 9.77. The molecule has 3 rings (SSSR count). The third-order valence-corrected chi connectivity index (χ3v) is 3.06. The highest BCUT2D eigenvalue weighted by Gasteiger charge is 2.19. The Morgan fingerprint density at radius 3 is 2.88 bits per heavy atom. The van der Waals surface area contributed by atoms with Gasteiger partial charge < -0.3 is 5.32 Å². The van der Waals surface area contributed by atoms with E-state index in [4.69, 9.17) is 0 Å². The summed E-state index contributed by atoms with van der Waals surface area (Å²) in [6.45, 7) is 0. The average molecular weight is 226 g/mol. The summed E-state index contributed by atoms with van der Waals surface area (Å²) < 4.78 is 0. The molecule has 0 bridgehead atoms. The molecule has 0 aromatic carbocycles. The van der Waals surface area contributed by atoms with Gasteiger partial charge in [-0.05, 0) is 31.4 Å². The van der Waals surface area contributed by atoms with Crippen molar-refractivity contribution in [3.05, 3.63) is 35.7 Å². The van der Waals surface area contributed by atoms with Gasteiger partial charge in [-0.3, -0.25) is 4.98 Å². The number of nitrogens with one attached hydrogen (secondary N) is 1. The molecular weight excluding hydrogens is 212 g/mol. The van der Waals surface area contributed by atoms with E-state index in [2.05, 4.69) is 20.3 Å². The number of pyridine rings is 1. The third kappa shape index (κ3) is 1.75. The van der Waals surface area contributed by atoms with Crippen LogP contribution in [0.1, 0.15) is 17.7 Å². The molecule has 17 heavy (non-hydrogen) atoms. The van der Waals surface area contributed by atoms with E-state index in [1.54, 1.807) is 6.20 Å². The van der Waals surface area contributed by atoms with Crippen LogP contribution in [-0.4, -0.2) is 22.0 Å². The highest BCUT2D eigenvalue weighted by atomic mass is 15.0. The highest BCUT2D eigenvalue weighted by molar-refractivity contribution is 5.57. The van der Waals surface area contributed by atoms with Crippen LogP contribution in [0.3, 0.4) is 0 Å². The highest BCUT2D eigenvalue weighted by Crippen LogP contribution is 2.28. The minimum Gasteiger partial charge on any atom is -0.373 e. The standard InChI is InChI=1S/C13H14N4/c1-14-12-9-5-4-7-10(9)16-13(17-12)11-6-2-3-8-15-11/h2-3,6,8H,4-5,7H2,1H3,(H,14,16,17). The van der Waals surface area contributed by atoms with Crippen molar-refractivity contribution in [2.45, 2.75) is 19.3 Å². The van der Waals surface area contributed by atoms with E-state index in [1.807, 2.05) is 25.2 Å². The van der Waals surface area contributed by atoms with Gasteiger partial charge in [0.2, 0.25) is 0 Å². The summed E-state index contributed by atoms with van der Waals surface area (Å²) in [6, 6.07) is 5.80. The van der Waals surface area contributed by atoms with Gasteiger partial charge in [-0.2, -0.15) is 0 Å². The van der Waals surface area contributed by atoms with Crippen LogP contribution in [0, 0.1) is 0 Å². The quantitative estimate of drug-likeness (QED) is 0.851. The molecule has 0 saturated heterocycles. The first-order valence-electron chi connectivity index (χ1n) is 5.87. The second-order valence-electron chi connectivity index (χ2n) is 4.14. The SMILES string of the molecule is CNc1nc(-c2ccccn2)nc2c1CCC2. The summed E-state index contributed by atoms with van der Waals surface area (Å²) in [7, 11) is 1.91. The van der Waals surface area contributed by atoms with Crippen LogP contribution in [0.25, 0.3) is 11.5 Å². The summed E-state index contributed by atoms with van der Waals surface area (Å²) in [4.78, 5) is 13.5. The molecule has 0 spiro atoms. The van der Waals surface area contributed by atoms with E-state index in [1.165, 1.54) is 17.7 Å². The van der Waals surface area contributed by atoms with Gasteiger partial charge in [0, 0.05) is 24.5 Å². The zero-order chi connectivity index (χ0) is 11.7. The Morgan fingerprint density at radius 2 is 2.12 bits per heavy atom. The molecule has 0 amide bonds. The molecule has 0 unspecified atom stereocenters. The van der Waals surface area contributed by atoms with E-state index in [9.17, 15) is 0 Å². The lowest BCUT2D eigenvalue weighted by molar-refractivity contribution is 0.899. The Labute approximate surface area is 100 Å². The van der Waals surface area contributed by atoms with E-state index >= 15 is 0 Å². The molecule has 1 aliphatic rings. The maximum Gasteiger partial charge on any atom is 0.180 e. The van der Waals surface area contributed by atoms with Crippen LogP contribution >= 0.6 is 0 Å². The number of hydrogen-bond donors (Lipinski definition) is 1. The summed E-state index contributed by atoms with van der Waals surface area (Å²) in [5, 5.41) is 3.16. The number of hydrogen-bond acceptors (Lipinski definition) is 4. The lowest BCUT2D eigenvalue weighted by atomic mass is 10.2. The first kappa shape index (κ1) is 10.2. The second kappa shape index (κ2) is 4.13. The van der Waals surface area contributed by atoms with Crippen molar-refractivity contribution >= 4 is 5.82 Å². The van der Waals surface area contributed by atoms with Crippen LogP contribution in [0.2, 0.25) is 0 Å². The number of rotatable bonds is 2. The molecule has 4 nitrogen and oxygen atoms in total. The van der Waals surface area contributed by atoms with Gasteiger partial charge in [-0.15, -0.1) is 0 Å². The molecule has 1 aliphatic carbocycles. The Hall–Kier alpha value is -1.97. The van der Waals surface area contributed by atoms with Crippen molar-refractivity contribution < 1.29 is 0 Å². The van der Waals surface area contributed by atoms with Gasteiger partial charge >= 0.3 is 0 Å². The Bertz CT molecular complexity index is 537. The first-order valence-corrected chi connectivity index (χ1v) is 5.87. The normalized spacial score (nSPS) is 13.5. The largest absolute Gasteiger partial charge is 0.373 e. The molecule has 1 N–H and O–H groups in total. The fourth-order valence-corrected chi connectivity index (χ4v) is 2.25. The van der Waals surface area contributed by atoms with Gasteiger partial charge in [0.05, 0.1) is 0 Å². The number of aromatic nitrogens is 3. The zero-order valence-corrected chi connectivity index (χ0v) is 9.77. The lowest BCUT2D eigenvalue weighted by Gasteiger charge is -2.08. The maximum absolute atomic E-state index is 4.62. The Morgan fingerprint density at radius 1 is 1.18 bits per heavy atom. The molecule has 0 fully saturated rings. The maximum atomic E-state index is 4.62. The van der Waals surface area contributed by atoms with E-state index in [-0.39, 0.29) is 0 Å². The molecule has 0 aliphatic heterocycles. The minimum absolute atomic E-state index is 0.718. The number of aryl methyl sites for hydroxylation is 1. The fraction of sp³-hybridized carbons (Fsp3) is 0.308. The summed E-state index contributed by atoms with van der Waals surface area (Å²) in [5.41, 5.74) is 3.27. The predicted molar refractivity (Wildman–Crippen MR) is 66.8 cm³/mol. The Balaban J connectivity index is 2.13. The summed E-state index contributed by atoms with van der Waals surface area (Å²) in [6.07, 6.45) is 5.07. The van der Waals surface area contributed by atoms with Gasteiger partial charge in [0.25, 0.3) is 0 Å². The van der Waals surface area contributed by atoms with Gasteiger partial charge in [-0.25, -0.2) is 9.97 Å². The van der Waals surface area contributed by atoms with Crippen LogP contribution in [-0.2, 0) is 12.8 Å². The van der Waals surface area contributed by atoms with Crippen molar-refractivity contribution in [2.75, 3.05) is 12.4 Å². The molecule has 2 aromatic heterocycles. The van der Waals surface area contributed by atoms with Gasteiger partial charge in [-0.1, -0.05) is 6.07 Å². The molecule has 0 atom stereocenters. The van der Waals surface area contributed by atoms with Crippen molar-refractivity contribution in [3.63, 3.8) is 0 Å². The Kier molecular flexibility index (Phi) is 2.48. The van der Waals surface area contributed by atoms with Crippen LogP contribution in [0.5, 0.6) is 0 Å². The van der Waals surface area contributed by atoms with E-state index in [0.717, 1.165) is 30.2 Å². The van der Waals surface area contributed by atoms with Gasteiger partial charge in [0.15, 0.2) is 5.82 Å². The minimum atomic E-state index is 0.718. The van der Waals surface area contributed by atoms with Crippen molar-refractivity contribution in [3.8, 4) is 11.5 Å². The topological polar surface area (TPSA) is 50.7 Å².